The maximum Gasteiger partial charge on any atom is 0.0751 e. The lowest BCUT2D eigenvalue weighted by atomic mass is 10.1. The summed E-state index contributed by atoms with van der Waals surface area (Å²) in [4.78, 5) is 0. The highest BCUT2D eigenvalue weighted by Gasteiger charge is 1.86. The van der Waals surface area contributed by atoms with E-state index >= 15 is 0 Å². The molecule has 0 aromatic carbocycles. The molecule has 0 aliphatic heterocycles. The molecule has 0 saturated heterocycles. The number of allylic oxidation sites excluding steroid dienone is 1. The van der Waals surface area contributed by atoms with Crippen molar-refractivity contribution in [1.82, 2.24) is 0 Å². The lowest BCUT2D eigenvalue weighted by Crippen LogP contribution is -1.77. The normalized spacial score (nSPS) is 10.9. The van der Waals surface area contributed by atoms with Gasteiger partial charge in [0.1, 0.15) is 0 Å². The monoisotopic (exact) mass is 162 g/mol. The molecular weight excluding hydrogens is 148 g/mol. The van der Waals surface area contributed by atoms with Gasteiger partial charge in [-0.25, -0.2) is 0 Å². The van der Waals surface area contributed by atoms with E-state index in [0.29, 0.717) is 0 Å². The van der Waals surface area contributed by atoms with Crippen LogP contribution in [-0.2, 0) is 0 Å². The predicted octanol–water partition coefficient (Wildman–Crippen LogP) is 3.25. The van der Waals surface area contributed by atoms with Crippen molar-refractivity contribution in [2.24, 2.45) is 0 Å². The predicted molar refractivity (Wildman–Crippen MR) is 45.6 cm³/mol. The smallest absolute Gasteiger partial charge is 0.0751 e. The fraction of sp³-hybridized carbons (Fsp3) is 0.750. The average molecular weight is 163 g/mol. The van der Waals surface area contributed by atoms with E-state index in [4.69, 9.17) is 16.7 Å². The molecule has 0 radical (unpaired) electrons. The number of aliphatic hydroxyl groups is 1. The molecule has 2 heteroatoms. The zero-order valence-corrected chi connectivity index (χ0v) is 6.98. The Morgan fingerprint density at radius 3 is 2.40 bits per heavy atom. The van der Waals surface area contributed by atoms with E-state index in [1.54, 1.807) is 6.08 Å². The van der Waals surface area contributed by atoms with Crippen LogP contribution in [0.25, 0.3) is 0 Å². The van der Waals surface area contributed by atoms with Crippen LogP contribution < -0.4 is 0 Å². The van der Waals surface area contributed by atoms with E-state index in [9.17, 15) is 0 Å². The van der Waals surface area contributed by atoms with E-state index in [2.05, 4.69) is 0 Å². The van der Waals surface area contributed by atoms with Crippen LogP contribution in [0.5, 0.6) is 0 Å². The van der Waals surface area contributed by atoms with Gasteiger partial charge in [0.25, 0.3) is 0 Å². The van der Waals surface area contributed by atoms with Gasteiger partial charge in [-0.15, -0.1) is 11.6 Å². The summed E-state index contributed by atoms with van der Waals surface area (Å²) in [6.45, 7) is 0. The van der Waals surface area contributed by atoms with Crippen molar-refractivity contribution in [2.75, 3.05) is 5.88 Å². The lowest BCUT2D eigenvalue weighted by molar-refractivity contribution is 0.469. The van der Waals surface area contributed by atoms with Gasteiger partial charge in [0.15, 0.2) is 0 Å². The standard InChI is InChI=1S/C8H15ClO/c9-7-5-3-1-2-4-6-8-10/h6,8,10H,1-5,7H2. The highest BCUT2D eigenvalue weighted by atomic mass is 35.5. The second-order valence-electron chi connectivity index (χ2n) is 2.28. The van der Waals surface area contributed by atoms with Gasteiger partial charge in [-0.3, -0.25) is 0 Å². The third kappa shape index (κ3) is 7.83. The summed E-state index contributed by atoms with van der Waals surface area (Å²) in [6, 6.07) is 0. The van der Waals surface area contributed by atoms with Crippen LogP contribution in [0.15, 0.2) is 12.3 Å². The number of rotatable bonds is 6. The van der Waals surface area contributed by atoms with Gasteiger partial charge in [0.2, 0.25) is 0 Å². The summed E-state index contributed by atoms with van der Waals surface area (Å²) in [5.74, 6) is 0.774. The quantitative estimate of drug-likeness (QED) is 0.361. The van der Waals surface area contributed by atoms with Crippen LogP contribution >= 0.6 is 11.6 Å². The third-order valence-corrected chi connectivity index (χ3v) is 1.63. The van der Waals surface area contributed by atoms with E-state index in [-0.39, 0.29) is 0 Å². The Hall–Kier alpha value is -0.170. The van der Waals surface area contributed by atoms with Gasteiger partial charge in [0, 0.05) is 5.88 Å². The third-order valence-electron chi connectivity index (χ3n) is 1.36. The van der Waals surface area contributed by atoms with Crippen LogP contribution in [0.4, 0.5) is 0 Å². The summed E-state index contributed by atoms with van der Waals surface area (Å²) in [7, 11) is 0. The number of unbranched alkanes of at least 4 members (excludes halogenated alkanes) is 4. The number of halogens is 1. The van der Waals surface area contributed by atoms with Crippen LogP contribution in [-0.4, -0.2) is 11.0 Å². The van der Waals surface area contributed by atoms with Crippen molar-refractivity contribution in [1.29, 1.82) is 0 Å². The summed E-state index contributed by atoms with van der Waals surface area (Å²) < 4.78 is 0. The van der Waals surface area contributed by atoms with Gasteiger partial charge >= 0.3 is 0 Å². The SMILES string of the molecule is OC=CCCCCCCCl. The van der Waals surface area contributed by atoms with E-state index in [0.717, 1.165) is 31.4 Å². The van der Waals surface area contributed by atoms with Crippen molar-refractivity contribution < 1.29 is 5.11 Å². The summed E-state index contributed by atoms with van der Waals surface area (Å²) in [6.07, 6.45) is 8.58. The Labute approximate surface area is 67.7 Å². The fourth-order valence-corrected chi connectivity index (χ4v) is 0.974. The first-order valence-corrected chi connectivity index (χ1v) is 4.30. The van der Waals surface area contributed by atoms with Crippen molar-refractivity contribution in [3.8, 4) is 0 Å². The first-order chi connectivity index (χ1) is 4.91. The molecule has 10 heavy (non-hydrogen) atoms. The molecule has 0 aromatic heterocycles. The molecule has 60 valence electrons. The molecular formula is C8H15ClO. The van der Waals surface area contributed by atoms with Gasteiger partial charge in [0.05, 0.1) is 6.26 Å². The number of alkyl halides is 1. The van der Waals surface area contributed by atoms with Crippen molar-refractivity contribution in [3.63, 3.8) is 0 Å². The molecule has 0 unspecified atom stereocenters. The van der Waals surface area contributed by atoms with Crippen LogP contribution in [0, 0.1) is 0 Å². The van der Waals surface area contributed by atoms with E-state index < -0.39 is 0 Å². The molecule has 0 saturated carbocycles. The molecule has 1 nitrogen and oxygen atoms in total. The summed E-state index contributed by atoms with van der Waals surface area (Å²) in [5, 5.41) is 8.27. The van der Waals surface area contributed by atoms with Crippen molar-refractivity contribution in [3.05, 3.63) is 12.3 Å². The minimum absolute atomic E-state index is 0.774. The molecule has 0 aromatic rings. The Kier molecular flexibility index (Phi) is 8.68. The van der Waals surface area contributed by atoms with Gasteiger partial charge in [-0.05, 0) is 19.3 Å². The minimum Gasteiger partial charge on any atom is -0.516 e. The fourth-order valence-electron chi connectivity index (χ4n) is 0.785. The minimum atomic E-state index is 0.774. The van der Waals surface area contributed by atoms with E-state index in [1.165, 1.54) is 12.8 Å². The maximum absolute atomic E-state index is 8.27. The van der Waals surface area contributed by atoms with E-state index in [1.807, 2.05) is 0 Å². The van der Waals surface area contributed by atoms with Crippen LogP contribution in [0.1, 0.15) is 32.1 Å². The number of aliphatic hydroxyl groups excluding tert-OH is 1. The Morgan fingerprint density at radius 1 is 1.10 bits per heavy atom. The molecule has 0 spiro atoms. The van der Waals surface area contributed by atoms with Gasteiger partial charge in [-0.2, -0.15) is 0 Å². The van der Waals surface area contributed by atoms with Crippen LogP contribution in [0.3, 0.4) is 0 Å². The molecule has 0 heterocycles. The average Bonchev–Trinajstić information content (AvgIpc) is 1.97. The largest absolute Gasteiger partial charge is 0.516 e. The highest BCUT2D eigenvalue weighted by Crippen LogP contribution is 2.03. The summed E-state index contributed by atoms with van der Waals surface area (Å²) in [5.41, 5.74) is 0. The second-order valence-corrected chi connectivity index (χ2v) is 2.65. The van der Waals surface area contributed by atoms with Gasteiger partial charge in [-0.1, -0.05) is 18.9 Å². The molecule has 0 rings (SSSR count). The first-order valence-electron chi connectivity index (χ1n) is 3.77. The zero-order valence-electron chi connectivity index (χ0n) is 6.22. The topological polar surface area (TPSA) is 20.2 Å². The molecule has 0 bridgehead atoms. The Bertz CT molecular complexity index is 81.3. The number of hydrogen-bond acceptors (Lipinski definition) is 1. The second kappa shape index (κ2) is 8.83. The Balaban J connectivity index is 2.77. The maximum atomic E-state index is 8.27. The molecule has 0 amide bonds. The molecule has 0 atom stereocenters. The zero-order chi connectivity index (χ0) is 7.66. The van der Waals surface area contributed by atoms with Crippen molar-refractivity contribution in [2.45, 2.75) is 32.1 Å². The molecule has 0 aliphatic carbocycles. The number of hydrogen-bond donors (Lipinski definition) is 1. The van der Waals surface area contributed by atoms with Crippen molar-refractivity contribution >= 4 is 11.6 Å². The lowest BCUT2D eigenvalue weighted by Gasteiger charge is -1.94. The first kappa shape index (κ1) is 9.83. The van der Waals surface area contributed by atoms with Gasteiger partial charge < -0.3 is 5.11 Å². The van der Waals surface area contributed by atoms with Crippen LogP contribution in [0.2, 0.25) is 0 Å². The molecule has 0 fully saturated rings. The Morgan fingerprint density at radius 2 is 1.80 bits per heavy atom. The molecule has 1 N–H and O–H groups in total. The highest BCUT2D eigenvalue weighted by molar-refractivity contribution is 6.17. The molecule has 0 aliphatic rings. The summed E-state index contributed by atoms with van der Waals surface area (Å²) >= 11 is 5.49.